The summed E-state index contributed by atoms with van der Waals surface area (Å²) in [5.41, 5.74) is 1.68. The zero-order valence-electron chi connectivity index (χ0n) is 12.0. The molecule has 0 saturated heterocycles. The van der Waals surface area contributed by atoms with Gasteiger partial charge in [-0.1, -0.05) is 84.9 Å². The van der Waals surface area contributed by atoms with Crippen molar-refractivity contribution < 1.29 is 5.11 Å². The quantitative estimate of drug-likeness (QED) is 0.555. The van der Waals surface area contributed by atoms with Gasteiger partial charge >= 0.3 is 0 Å². The molecule has 3 aromatic rings. The van der Waals surface area contributed by atoms with Crippen LogP contribution in [0.4, 0.5) is 5.69 Å². The van der Waals surface area contributed by atoms with Crippen molar-refractivity contribution in [2.45, 2.75) is 5.60 Å². The maximum absolute atomic E-state index is 11.5. The zero-order valence-corrected chi connectivity index (χ0v) is 12.0. The summed E-state index contributed by atoms with van der Waals surface area (Å²) in [7, 11) is 0. The third kappa shape index (κ3) is 2.39. The molecule has 0 atom stereocenters. The lowest BCUT2D eigenvalue weighted by atomic mass is 9.80. The normalized spacial score (nSPS) is 10.9. The monoisotopic (exact) mass is 285 g/mol. The molecule has 0 fully saturated rings. The summed E-state index contributed by atoms with van der Waals surface area (Å²) >= 11 is 0. The van der Waals surface area contributed by atoms with Crippen LogP contribution in [0.5, 0.6) is 0 Å². The van der Waals surface area contributed by atoms with Crippen LogP contribution in [0.25, 0.3) is 4.85 Å². The first-order chi connectivity index (χ1) is 10.7. The van der Waals surface area contributed by atoms with E-state index in [1.165, 1.54) is 0 Å². The molecule has 22 heavy (non-hydrogen) atoms. The van der Waals surface area contributed by atoms with Crippen molar-refractivity contribution >= 4 is 5.69 Å². The Balaban J connectivity index is 2.21. The number of hydrogen-bond acceptors (Lipinski definition) is 1. The standard InChI is InChI=1S/C20H15NO/c1-21-19-14-12-18(13-15-19)20(22,16-8-4-2-5-9-16)17-10-6-3-7-11-17/h2-15,22H. The van der Waals surface area contributed by atoms with Crippen LogP contribution >= 0.6 is 0 Å². The molecule has 0 aliphatic heterocycles. The van der Waals surface area contributed by atoms with Crippen LogP contribution in [0.15, 0.2) is 84.9 Å². The van der Waals surface area contributed by atoms with Gasteiger partial charge in [0, 0.05) is 0 Å². The molecule has 0 unspecified atom stereocenters. The Hall–Kier alpha value is -2.89. The van der Waals surface area contributed by atoms with Gasteiger partial charge in [0.15, 0.2) is 5.69 Å². The molecule has 2 nitrogen and oxygen atoms in total. The molecular weight excluding hydrogens is 270 g/mol. The molecule has 3 rings (SSSR count). The van der Waals surface area contributed by atoms with Gasteiger partial charge in [-0.3, -0.25) is 0 Å². The summed E-state index contributed by atoms with van der Waals surface area (Å²) in [4.78, 5) is 3.41. The minimum atomic E-state index is -1.23. The van der Waals surface area contributed by atoms with Gasteiger partial charge < -0.3 is 5.11 Å². The van der Waals surface area contributed by atoms with E-state index in [0.29, 0.717) is 5.69 Å². The van der Waals surface area contributed by atoms with Gasteiger partial charge in [0.05, 0.1) is 6.57 Å². The lowest BCUT2D eigenvalue weighted by Gasteiger charge is -2.30. The molecule has 2 heteroatoms. The van der Waals surface area contributed by atoms with Gasteiger partial charge in [-0.15, -0.1) is 0 Å². The zero-order chi connectivity index (χ0) is 15.4. The molecule has 0 radical (unpaired) electrons. The predicted octanol–water partition coefficient (Wildman–Crippen LogP) is 4.52. The fourth-order valence-corrected chi connectivity index (χ4v) is 2.64. The fourth-order valence-electron chi connectivity index (χ4n) is 2.64. The first-order valence-electron chi connectivity index (χ1n) is 7.06. The summed E-state index contributed by atoms with van der Waals surface area (Å²) in [6.07, 6.45) is 0. The van der Waals surface area contributed by atoms with Crippen molar-refractivity contribution in [2.75, 3.05) is 0 Å². The van der Waals surface area contributed by atoms with Gasteiger partial charge in [-0.25, -0.2) is 4.85 Å². The average Bonchev–Trinajstić information content (AvgIpc) is 2.62. The Bertz CT molecular complexity index is 747. The Kier molecular flexibility index (Phi) is 3.74. The SMILES string of the molecule is [C-]#[N+]c1ccc(C(O)(c2ccccc2)c2ccccc2)cc1. The van der Waals surface area contributed by atoms with Crippen molar-refractivity contribution in [3.05, 3.63) is 113 Å². The largest absolute Gasteiger partial charge is 0.376 e. The Labute approximate surface area is 130 Å². The van der Waals surface area contributed by atoms with Gasteiger partial charge in [0.1, 0.15) is 5.60 Å². The number of aliphatic hydroxyl groups is 1. The highest BCUT2D eigenvalue weighted by Gasteiger charge is 2.33. The van der Waals surface area contributed by atoms with Crippen molar-refractivity contribution in [3.8, 4) is 0 Å². The van der Waals surface area contributed by atoms with E-state index < -0.39 is 5.60 Å². The lowest BCUT2D eigenvalue weighted by Crippen LogP contribution is -2.28. The van der Waals surface area contributed by atoms with E-state index >= 15 is 0 Å². The molecule has 3 aromatic carbocycles. The van der Waals surface area contributed by atoms with Crippen LogP contribution in [0.3, 0.4) is 0 Å². The predicted molar refractivity (Wildman–Crippen MR) is 87.7 cm³/mol. The molecule has 0 saturated carbocycles. The van der Waals surface area contributed by atoms with E-state index in [9.17, 15) is 5.11 Å². The highest BCUT2D eigenvalue weighted by Crippen LogP contribution is 2.37. The first-order valence-corrected chi connectivity index (χ1v) is 7.06. The maximum Gasteiger partial charge on any atom is 0.187 e. The van der Waals surface area contributed by atoms with E-state index in [1.54, 1.807) is 12.1 Å². The summed E-state index contributed by atoms with van der Waals surface area (Å²) in [5.74, 6) is 0. The van der Waals surface area contributed by atoms with E-state index in [0.717, 1.165) is 16.7 Å². The third-order valence-corrected chi connectivity index (χ3v) is 3.80. The summed E-state index contributed by atoms with van der Waals surface area (Å²) in [5, 5.41) is 11.5. The summed E-state index contributed by atoms with van der Waals surface area (Å²) < 4.78 is 0. The highest BCUT2D eigenvalue weighted by molar-refractivity contribution is 5.52. The smallest absolute Gasteiger partial charge is 0.187 e. The van der Waals surface area contributed by atoms with Gasteiger partial charge in [0.2, 0.25) is 0 Å². The van der Waals surface area contributed by atoms with Crippen LogP contribution in [-0.2, 0) is 5.60 Å². The van der Waals surface area contributed by atoms with Crippen molar-refractivity contribution in [1.82, 2.24) is 0 Å². The third-order valence-electron chi connectivity index (χ3n) is 3.80. The Morgan fingerprint density at radius 1 is 0.636 bits per heavy atom. The Morgan fingerprint density at radius 2 is 1.05 bits per heavy atom. The molecule has 0 bridgehead atoms. The number of nitrogens with zero attached hydrogens (tertiary/aromatic N) is 1. The Morgan fingerprint density at radius 3 is 1.45 bits per heavy atom. The average molecular weight is 285 g/mol. The van der Waals surface area contributed by atoms with Crippen molar-refractivity contribution in [3.63, 3.8) is 0 Å². The van der Waals surface area contributed by atoms with Crippen molar-refractivity contribution in [1.29, 1.82) is 0 Å². The van der Waals surface area contributed by atoms with Gasteiger partial charge in [-0.2, -0.15) is 0 Å². The molecule has 0 aromatic heterocycles. The molecule has 0 heterocycles. The lowest BCUT2D eigenvalue weighted by molar-refractivity contribution is 0.126. The molecule has 0 aliphatic rings. The van der Waals surface area contributed by atoms with Crippen LogP contribution < -0.4 is 0 Å². The number of benzene rings is 3. The minimum Gasteiger partial charge on any atom is -0.376 e. The van der Waals surface area contributed by atoms with Crippen LogP contribution in [0, 0.1) is 6.57 Å². The molecule has 0 spiro atoms. The number of rotatable bonds is 3. The molecule has 1 N–H and O–H groups in total. The minimum absolute atomic E-state index is 0.562. The summed E-state index contributed by atoms with van der Waals surface area (Å²) in [6, 6.07) is 26.3. The van der Waals surface area contributed by atoms with Crippen LogP contribution in [0.1, 0.15) is 16.7 Å². The second-order valence-corrected chi connectivity index (χ2v) is 5.10. The number of hydrogen-bond donors (Lipinski definition) is 1. The topological polar surface area (TPSA) is 24.6 Å². The first kappa shape index (κ1) is 14.1. The molecule has 0 aliphatic carbocycles. The molecule has 0 amide bonds. The second kappa shape index (κ2) is 5.85. The van der Waals surface area contributed by atoms with E-state index in [-0.39, 0.29) is 0 Å². The van der Waals surface area contributed by atoms with E-state index in [2.05, 4.69) is 4.85 Å². The van der Waals surface area contributed by atoms with E-state index in [4.69, 9.17) is 6.57 Å². The van der Waals surface area contributed by atoms with Gasteiger partial charge in [0.25, 0.3) is 0 Å². The highest BCUT2D eigenvalue weighted by atomic mass is 16.3. The summed E-state index contributed by atoms with van der Waals surface area (Å²) in [6.45, 7) is 7.06. The maximum atomic E-state index is 11.5. The molecular formula is C20H15NO. The van der Waals surface area contributed by atoms with Crippen molar-refractivity contribution in [2.24, 2.45) is 0 Å². The second-order valence-electron chi connectivity index (χ2n) is 5.10. The fraction of sp³-hybridized carbons (Fsp3) is 0.0500. The molecule has 106 valence electrons. The van der Waals surface area contributed by atoms with Crippen LogP contribution in [-0.4, -0.2) is 5.11 Å². The van der Waals surface area contributed by atoms with Crippen LogP contribution in [0.2, 0.25) is 0 Å². The van der Waals surface area contributed by atoms with Gasteiger partial charge in [-0.05, 0) is 16.7 Å². The van der Waals surface area contributed by atoms with E-state index in [1.807, 2.05) is 72.8 Å².